The van der Waals surface area contributed by atoms with Gasteiger partial charge in [0.25, 0.3) is 0 Å². The zero-order chi connectivity index (χ0) is 19.4. The molecule has 144 valence electrons. The third kappa shape index (κ3) is 7.65. The molecule has 2 unspecified atom stereocenters. The van der Waals surface area contributed by atoms with E-state index in [1.54, 1.807) is 6.92 Å². The van der Waals surface area contributed by atoms with E-state index in [0.29, 0.717) is 17.9 Å². The van der Waals surface area contributed by atoms with E-state index in [9.17, 15) is 19.6 Å². The molecule has 0 aromatic heterocycles. The number of benzene rings is 1. The van der Waals surface area contributed by atoms with Gasteiger partial charge in [0.1, 0.15) is 6.04 Å². The van der Waals surface area contributed by atoms with Crippen LogP contribution in [-0.4, -0.2) is 47.8 Å². The largest absolute Gasteiger partial charge is 0.464 e. The van der Waals surface area contributed by atoms with E-state index in [-0.39, 0.29) is 25.5 Å². The summed E-state index contributed by atoms with van der Waals surface area (Å²) in [4.78, 5) is 35.5. The lowest BCUT2D eigenvalue weighted by atomic mass is 9.99. The molecule has 7 nitrogen and oxygen atoms in total. The van der Waals surface area contributed by atoms with Crippen LogP contribution in [0.4, 0.5) is 0 Å². The first-order valence-corrected chi connectivity index (χ1v) is 8.93. The molecule has 0 fully saturated rings. The van der Waals surface area contributed by atoms with Crippen LogP contribution in [0.5, 0.6) is 0 Å². The van der Waals surface area contributed by atoms with E-state index in [1.807, 2.05) is 37.3 Å². The predicted molar refractivity (Wildman–Crippen MR) is 96.3 cm³/mol. The van der Waals surface area contributed by atoms with Crippen molar-refractivity contribution in [1.29, 1.82) is 0 Å². The summed E-state index contributed by atoms with van der Waals surface area (Å²) < 4.78 is 5.07. The molecule has 0 heterocycles. The van der Waals surface area contributed by atoms with Crippen LogP contribution in [0.2, 0.25) is 0 Å². The Bertz CT molecular complexity index is 564. The predicted octanol–water partition coefficient (Wildman–Crippen LogP) is 1.93. The maximum atomic E-state index is 12.6. The second-order valence-corrected chi connectivity index (χ2v) is 6.07. The van der Waals surface area contributed by atoms with Crippen LogP contribution < -0.4 is 5.32 Å². The summed E-state index contributed by atoms with van der Waals surface area (Å²) in [5, 5.41) is 12.6. The third-order valence-electron chi connectivity index (χ3n) is 3.98. The Morgan fingerprint density at radius 2 is 1.96 bits per heavy atom. The van der Waals surface area contributed by atoms with Crippen molar-refractivity contribution in [2.24, 2.45) is 5.92 Å². The molecule has 7 heteroatoms. The van der Waals surface area contributed by atoms with Crippen molar-refractivity contribution < 1.29 is 24.3 Å². The van der Waals surface area contributed by atoms with Crippen LogP contribution in [0.25, 0.3) is 0 Å². The molecule has 1 aromatic carbocycles. The molecule has 0 saturated carbocycles. The Hall–Kier alpha value is -2.41. The number of hydroxylamine groups is 2. The smallest absolute Gasteiger partial charge is 0.328 e. The summed E-state index contributed by atoms with van der Waals surface area (Å²) in [6.07, 6.45) is 2.73. The monoisotopic (exact) mass is 364 g/mol. The van der Waals surface area contributed by atoms with Crippen molar-refractivity contribution in [3.8, 4) is 0 Å². The van der Waals surface area contributed by atoms with Gasteiger partial charge < -0.3 is 10.1 Å². The lowest BCUT2D eigenvalue weighted by Gasteiger charge is -2.23. The highest BCUT2D eigenvalue weighted by atomic mass is 16.5. The van der Waals surface area contributed by atoms with Gasteiger partial charge in [0.15, 0.2) is 0 Å². The van der Waals surface area contributed by atoms with Gasteiger partial charge in [0.2, 0.25) is 12.3 Å². The number of amides is 2. The minimum absolute atomic E-state index is 0.115. The third-order valence-corrected chi connectivity index (χ3v) is 3.98. The van der Waals surface area contributed by atoms with Crippen LogP contribution in [0.3, 0.4) is 0 Å². The molecule has 26 heavy (non-hydrogen) atoms. The quantitative estimate of drug-likeness (QED) is 0.256. The van der Waals surface area contributed by atoms with Gasteiger partial charge in [-0.25, -0.2) is 9.86 Å². The standard InChI is InChI=1S/C19H28N2O5/c1-3-5-11-16(13-21(25)14-22)18(23)20-17(19(24)26-4-2)12-15-9-7-6-8-10-15/h6-10,14,16-17,25H,3-5,11-13H2,1-2H3,(H,20,23). The number of nitrogens with one attached hydrogen (secondary N) is 1. The van der Waals surface area contributed by atoms with Crippen molar-refractivity contribution in [2.45, 2.75) is 45.6 Å². The second kappa shape index (κ2) is 12.0. The van der Waals surface area contributed by atoms with E-state index >= 15 is 0 Å². The van der Waals surface area contributed by atoms with E-state index in [0.717, 1.165) is 18.4 Å². The summed E-state index contributed by atoms with van der Waals surface area (Å²) in [5.41, 5.74) is 0.896. The summed E-state index contributed by atoms with van der Waals surface area (Å²) in [7, 11) is 0. The van der Waals surface area contributed by atoms with Gasteiger partial charge in [-0.3, -0.25) is 14.8 Å². The van der Waals surface area contributed by atoms with Gasteiger partial charge in [-0.2, -0.15) is 0 Å². The summed E-state index contributed by atoms with van der Waals surface area (Å²) >= 11 is 0. The van der Waals surface area contributed by atoms with Gasteiger partial charge in [-0.05, 0) is 18.9 Å². The summed E-state index contributed by atoms with van der Waals surface area (Å²) in [5.74, 6) is -1.48. The average molecular weight is 364 g/mol. The number of nitrogens with zero attached hydrogens (tertiary/aromatic N) is 1. The molecule has 0 spiro atoms. The van der Waals surface area contributed by atoms with Gasteiger partial charge >= 0.3 is 5.97 Å². The fourth-order valence-corrected chi connectivity index (χ4v) is 2.60. The zero-order valence-corrected chi connectivity index (χ0v) is 15.4. The Morgan fingerprint density at radius 1 is 1.27 bits per heavy atom. The van der Waals surface area contributed by atoms with Crippen LogP contribution in [0.1, 0.15) is 38.7 Å². The number of rotatable bonds is 12. The molecule has 0 aliphatic rings. The van der Waals surface area contributed by atoms with Crippen molar-refractivity contribution in [3.63, 3.8) is 0 Å². The van der Waals surface area contributed by atoms with Crippen molar-refractivity contribution in [3.05, 3.63) is 35.9 Å². The van der Waals surface area contributed by atoms with Gasteiger partial charge in [-0.1, -0.05) is 50.1 Å². The molecule has 0 saturated heterocycles. The number of hydrogen-bond acceptors (Lipinski definition) is 5. The maximum Gasteiger partial charge on any atom is 0.328 e. The summed E-state index contributed by atoms with van der Waals surface area (Å²) in [6.45, 7) is 3.80. The topological polar surface area (TPSA) is 95.9 Å². The first-order chi connectivity index (χ1) is 12.5. The Kier molecular flexibility index (Phi) is 10.0. The Morgan fingerprint density at radius 3 is 2.54 bits per heavy atom. The number of unbranched alkanes of at least 4 members (excludes halogenated alkanes) is 1. The van der Waals surface area contributed by atoms with E-state index in [2.05, 4.69) is 5.32 Å². The van der Waals surface area contributed by atoms with E-state index in [4.69, 9.17) is 4.74 Å². The molecule has 2 amide bonds. The van der Waals surface area contributed by atoms with E-state index < -0.39 is 17.9 Å². The fourth-order valence-electron chi connectivity index (χ4n) is 2.60. The second-order valence-electron chi connectivity index (χ2n) is 6.07. The lowest BCUT2D eigenvalue weighted by molar-refractivity contribution is -0.156. The molecule has 1 rings (SSSR count). The lowest BCUT2D eigenvalue weighted by Crippen LogP contribution is -2.47. The first-order valence-electron chi connectivity index (χ1n) is 8.93. The minimum atomic E-state index is -0.822. The highest BCUT2D eigenvalue weighted by Gasteiger charge is 2.27. The molecular weight excluding hydrogens is 336 g/mol. The Balaban J connectivity index is 2.85. The van der Waals surface area contributed by atoms with Gasteiger partial charge in [-0.15, -0.1) is 0 Å². The molecule has 0 bridgehead atoms. The van der Waals surface area contributed by atoms with Gasteiger partial charge in [0.05, 0.1) is 19.1 Å². The molecule has 2 N–H and O–H groups in total. The maximum absolute atomic E-state index is 12.6. The number of hydrogen-bond donors (Lipinski definition) is 2. The van der Waals surface area contributed by atoms with Crippen LogP contribution in [0, 0.1) is 5.92 Å². The first kappa shape index (κ1) is 21.6. The molecule has 0 aliphatic carbocycles. The Labute approximate surface area is 154 Å². The molecule has 1 aromatic rings. The van der Waals surface area contributed by atoms with Crippen LogP contribution in [-0.2, 0) is 25.5 Å². The van der Waals surface area contributed by atoms with Crippen molar-refractivity contribution in [2.75, 3.05) is 13.2 Å². The number of ether oxygens (including phenoxy) is 1. The highest BCUT2D eigenvalue weighted by Crippen LogP contribution is 2.12. The van der Waals surface area contributed by atoms with Gasteiger partial charge in [0, 0.05) is 6.42 Å². The normalized spacial score (nSPS) is 12.7. The number of esters is 1. The molecule has 0 radical (unpaired) electrons. The van der Waals surface area contributed by atoms with Crippen molar-refractivity contribution >= 4 is 18.3 Å². The minimum Gasteiger partial charge on any atom is -0.464 e. The number of carbonyl (C=O) groups is 3. The highest BCUT2D eigenvalue weighted by molar-refractivity contribution is 5.86. The SMILES string of the molecule is CCCCC(CN(O)C=O)C(=O)NC(Cc1ccccc1)C(=O)OCC. The fraction of sp³-hybridized carbons (Fsp3) is 0.526. The van der Waals surface area contributed by atoms with E-state index in [1.165, 1.54) is 0 Å². The molecule has 0 aliphatic heterocycles. The zero-order valence-electron chi connectivity index (χ0n) is 15.4. The average Bonchev–Trinajstić information content (AvgIpc) is 2.65. The molecular formula is C19H28N2O5. The van der Waals surface area contributed by atoms with Crippen molar-refractivity contribution in [1.82, 2.24) is 10.4 Å². The number of carbonyl (C=O) groups excluding carboxylic acids is 3. The van der Waals surface area contributed by atoms with Crippen LogP contribution >= 0.6 is 0 Å². The molecule has 2 atom stereocenters. The summed E-state index contributed by atoms with van der Waals surface area (Å²) in [6, 6.07) is 8.51. The van der Waals surface area contributed by atoms with Crippen LogP contribution in [0.15, 0.2) is 30.3 Å².